The quantitative estimate of drug-likeness (QED) is 0.242. The number of hydrogen-bond acceptors (Lipinski definition) is 9. The maximum atomic E-state index is 12.9. The van der Waals surface area contributed by atoms with Gasteiger partial charge >= 0.3 is 6.18 Å². The fourth-order valence-electron chi connectivity index (χ4n) is 4.08. The Hall–Kier alpha value is -5.07. The summed E-state index contributed by atoms with van der Waals surface area (Å²) in [5.41, 5.74) is 1.93. The fourth-order valence-corrected chi connectivity index (χ4v) is 4.08. The van der Waals surface area contributed by atoms with Crippen molar-refractivity contribution in [3.05, 3.63) is 78.1 Å². The van der Waals surface area contributed by atoms with E-state index in [9.17, 15) is 13.2 Å². The van der Waals surface area contributed by atoms with Gasteiger partial charge in [-0.15, -0.1) is 0 Å². The molecule has 0 unspecified atom stereocenters. The van der Waals surface area contributed by atoms with Crippen LogP contribution in [0.4, 0.5) is 30.8 Å². The number of imidazole rings is 1. The van der Waals surface area contributed by atoms with Crippen molar-refractivity contribution in [2.75, 3.05) is 32.0 Å². The Kier molecular flexibility index (Phi) is 7.27. The third kappa shape index (κ3) is 5.39. The van der Waals surface area contributed by atoms with Gasteiger partial charge in [0.15, 0.2) is 11.5 Å². The van der Waals surface area contributed by atoms with Gasteiger partial charge in [-0.3, -0.25) is 0 Å². The highest BCUT2D eigenvalue weighted by atomic mass is 19.4. The molecule has 3 aromatic carbocycles. The molecule has 2 aromatic heterocycles. The maximum absolute atomic E-state index is 12.9. The minimum absolute atomic E-state index is 0.225. The molecule has 0 bridgehead atoms. The summed E-state index contributed by atoms with van der Waals surface area (Å²) in [6, 6.07) is 15.8. The summed E-state index contributed by atoms with van der Waals surface area (Å²) in [5.74, 6) is 2.27. The first-order valence-corrected chi connectivity index (χ1v) is 11.9. The zero-order chi connectivity index (χ0) is 28.3. The third-order valence-corrected chi connectivity index (χ3v) is 5.97. The summed E-state index contributed by atoms with van der Waals surface area (Å²) in [7, 11) is 4.56. The van der Waals surface area contributed by atoms with Gasteiger partial charge in [-0.05, 0) is 29.8 Å². The number of anilines is 3. The number of halogens is 3. The summed E-state index contributed by atoms with van der Waals surface area (Å²) in [6.45, 7) is 0.225. The number of ether oxygens (including phenoxy) is 3. The lowest BCUT2D eigenvalue weighted by Gasteiger charge is -2.15. The predicted octanol–water partition coefficient (Wildman–Crippen LogP) is 5.61. The molecule has 206 valence electrons. The van der Waals surface area contributed by atoms with Crippen LogP contribution in [0.2, 0.25) is 0 Å². The van der Waals surface area contributed by atoms with Gasteiger partial charge in [0.25, 0.3) is 0 Å². The lowest BCUT2D eigenvalue weighted by Crippen LogP contribution is -2.11. The van der Waals surface area contributed by atoms with Gasteiger partial charge in [0.1, 0.15) is 6.33 Å². The minimum Gasteiger partial charge on any atom is -0.493 e. The van der Waals surface area contributed by atoms with E-state index in [2.05, 4.69) is 30.6 Å². The Morgan fingerprint density at radius 1 is 0.850 bits per heavy atom. The van der Waals surface area contributed by atoms with Crippen LogP contribution in [0.25, 0.3) is 17.0 Å². The number of para-hydroxylation sites is 2. The first-order valence-electron chi connectivity index (χ1n) is 11.9. The third-order valence-electron chi connectivity index (χ3n) is 5.97. The Balaban J connectivity index is 1.46. The number of fused-ring (bicyclic) bond motifs is 1. The maximum Gasteiger partial charge on any atom is 0.416 e. The number of methoxy groups -OCH3 is 3. The molecular weight excluding hydrogens is 527 g/mol. The van der Waals surface area contributed by atoms with Crippen molar-refractivity contribution in [1.82, 2.24) is 24.5 Å². The van der Waals surface area contributed by atoms with E-state index in [-0.39, 0.29) is 18.4 Å². The number of nitrogens with one attached hydrogen (secondary N) is 2. The lowest BCUT2D eigenvalue weighted by molar-refractivity contribution is -0.137. The molecule has 2 heterocycles. The standard InChI is InChI=1S/C27H24F3N7O3/c1-38-21-12-18(13-22(39-2)23(21)40-3)34-24-32-15-33-26(36-24)37-20-7-5-4-6-19(20)35-25(37)31-14-16-8-10-17(11-9-16)27(28,29)30/h4-13,15H,14H2,1-3H3,(H,31,35)(H,32,33,34,36). The first kappa shape index (κ1) is 26.5. The normalized spacial score (nSPS) is 11.3. The molecule has 2 N–H and O–H groups in total. The van der Waals surface area contributed by atoms with Crippen molar-refractivity contribution in [3.63, 3.8) is 0 Å². The molecule has 0 aliphatic carbocycles. The van der Waals surface area contributed by atoms with Crippen LogP contribution in [0.15, 0.2) is 67.0 Å². The fraction of sp³-hybridized carbons (Fsp3) is 0.185. The molecule has 0 atom stereocenters. The zero-order valence-electron chi connectivity index (χ0n) is 21.7. The number of alkyl halides is 3. The van der Waals surface area contributed by atoms with Crippen molar-refractivity contribution in [3.8, 4) is 23.2 Å². The Morgan fingerprint density at radius 3 is 2.20 bits per heavy atom. The van der Waals surface area contributed by atoms with Crippen LogP contribution in [0, 0.1) is 0 Å². The van der Waals surface area contributed by atoms with Crippen LogP contribution in [0.5, 0.6) is 17.2 Å². The summed E-state index contributed by atoms with van der Waals surface area (Å²) in [4.78, 5) is 17.8. The topological polar surface area (TPSA) is 108 Å². The molecular formula is C27H24F3N7O3. The van der Waals surface area contributed by atoms with Crippen molar-refractivity contribution in [2.45, 2.75) is 12.7 Å². The predicted molar refractivity (Wildman–Crippen MR) is 143 cm³/mol. The highest BCUT2D eigenvalue weighted by Crippen LogP contribution is 2.40. The second-order valence-electron chi connectivity index (χ2n) is 8.46. The van der Waals surface area contributed by atoms with Crippen LogP contribution >= 0.6 is 0 Å². The van der Waals surface area contributed by atoms with Gasteiger partial charge in [-0.25, -0.2) is 19.5 Å². The Bertz CT molecular complexity index is 1610. The molecule has 0 amide bonds. The lowest BCUT2D eigenvalue weighted by atomic mass is 10.1. The van der Waals surface area contributed by atoms with Gasteiger partial charge in [-0.2, -0.15) is 18.2 Å². The minimum atomic E-state index is -4.40. The van der Waals surface area contributed by atoms with E-state index in [4.69, 9.17) is 14.2 Å². The second kappa shape index (κ2) is 11.0. The average molecular weight is 552 g/mol. The van der Waals surface area contributed by atoms with Gasteiger partial charge in [0, 0.05) is 24.4 Å². The molecule has 5 aromatic rings. The molecule has 0 spiro atoms. The van der Waals surface area contributed by atoms with Crippen molar-refractivity contribution < 1.29 is 27.4 Å². The number of benzene rings is 3. The number of hydrogen-bond donors (Lipinski definition) is 2. The SMILES string of the molecule is COc1cc(Nc2ncnc(-n3c(NCc4ccc(C(F)(F)F)cc4)nc4ccccc43)n2)cc(OC)c1OC. The number of nitrogens with zero attached hydrogens (tertiary/aromatic N) is 5. The van der Waals surface area contributed by atoms with E-state index >= 15 is 0 Å². The van der Waals surface area contributed by atoms with E-state index in [0.717, 1.165) is 17.6 Å². The molecule has 0 radical (unpaired) electrons. The molecule has 10 nitrogen and oxygen atoms in total. The van der Waals surface area contributed by atoms with Crippen LogP contribution < -0.4 is 24.8 Å². The summed E-state index contributed by atoms with van der Waals surface area (Å²) >= 11 is 0. The van der Waals surface area contributed by atoms with Crippen LogP contribution in [0.3, 0.4) is 0 Å². The van der Waals surface area contributed by atoms with Crippen molar-refractivity contribution in [2.24, 2.45) is 0 Å². The van der Waals surface area contributed by atoms with Crippen LogP contribution in [-0.2, 0) is 12.7 Å². The van der Waals surface area contributed by atoms with E-state index in [0.29, 0.717) is 40.0 Å². The smallest absolute Gasteiger partial charge is 0.416 e. The van der Waals surface area contributed by atoms with Gasteiger partial charge in [-0.1, -0.05) is 24.3 Å². The molecule has 0 aliphatic heterocycles. The van der Waals surface area contributed by atoms with Gasteiger partial charge < -0.3 is 24.8 Å². The molecule has 5 rings (SSSR count). The summed E-state index contributed by atoms with van der Waals surface area (Å²) in [6.07, 6.45) is -3.04. The highest BCUT2D eigenvalue weighted by Gasteiger charge is 2.30. The highest BCUT2D eigenvalue weighted by molar-refractivity contribution is 5.80. The molecule has 40 heavy (non-hydrogen) atoms. The Labute approximate surface area is 226 Å². The largest absolute Gasteiger partial charge is 0.493 e. The zero-order valence-corrected chi connectivity index (χ0v) is 21.7. The first-order chi connectivity index (χ1) is 19.3. The van der Waals surface area contributed by atoms with Crippen LogP contribution in [-0.4, -0.2) is 45.8 Å². The number of rotatable bonds is 9. The number of aromatic nitrogens is 5. The van der Waals surface area contributed by atoms with Crippen molar-refractivity contribution >= 4 is 28.6 Å². The Morgan fingerprint density at radius 2 is 1.55 bits per heavy atom. The summed E-state index contributed by atoms with van der Waals surface area (Å²) < 4.78 is 56.7. The molecule has 0 aliphatic rings. The van der Waals surface area contributed by atoms with Gasteiger partial charge in [0.2, 0.25) is 23.6 Å². The van der Waals surface area contributed by atoms with E-state index in [1.807, 2.05) is 24.3 Å². The van der Waals surface area contributed by atoms with E-state index in [1.165, 1.54) is 39.8 Å². The molecule has 0 saturated carbocycles. The van der Waals surface area contributed by atoms with E-state index in [1.54, 1.807) is 16.7 Å². The monoisotopic (exact) mass is 551 g/mol. The molecule has 0 saturated heterocycles. The molecule has 13 heteroatoms. The van der Waals surface area contributed by atoms with E-state index < -0.39 is 11.7 Å². The second-order valence-corrected chi connectivity index (χ2v) is 8.46. The van der Waals surface area contributed by atoms with Crippen LogP contribution in [0.1, 0.15) is 11.1 Å². The molecule has 0 fully saturated rings. The average Bonchev–Trinajstić information content (AvgIpc) is 3.34. The van der Waals surface area contributed by atoms with Gasteiger partial charge in [0.05, 0.1) is 37.9 Å². The summed E-state index contributed by atoms with van der Waals surface area (Å²) in [5, 5.41) is 6.32. The van der Waals surface area contributed by atoms with Crippen molar-refractivity contribution in [1.29, 1.82) is 0 Å².